The quantitative estimate of drug-likeness (QED) is 0.845. The first kappa shape index (κ1) is 11.5. The molecule has 17 heavy (non-hydrogen) atoms. The third-order valence-electron chi connectivity index (χ3n) is 2.12. The fourth-order valence-corrected chi connectivity index (χ4v) is 1.46. The largest absolute Gasteiger partial charge is 0.408 e. The molecule has 2 rings (SSSR count). The number of nitrogens with zero attached hydrogens (tertiary/aromatic N) is 2. The van der Waals surface area contributed by atoms with Gasteiger partial charge in [-0.25, -0.2) is 4.39 Å². The standard InChI is InChI=1S/C11H13FN4O/c1-7-4-8(12)6-9(5-7)14-11-16-15-10(17-11)2-3-13/h4-6H,2-3,13H2,1H3,(H,14,16). The molecule has 0 bridgehead atoms. The predicted octanol–water partition coefficient (Wildman–Crippen LogP) is 1.76. The third kappa shape index (κ3) is 3.01. The molecule has 3 N–H and O–H groups in total. The van der Waals surface area contributed by atoms with E-state index in [1.165, 1.54) is 12.1 Å². The highest BCUT2D eigenvalue weighted by Crippen LogP contribution is 2.18. The second kappa shape index (κ2) is 4.92. The Bertz CT molecular complexity index is 492. The van der Waals surface area contributed by atoms with Crippen LogP contribution in [-0.2, 0) is 6.42 Å². The van der Waals surface area contributed by atoms with Crippen molar-refractivity contribution in [3.8, 4) is 0 Å². The van der Waals surface area contributed by atoms with Crippen molar-refractivity contribution in [1.29, 1.82) is 0 Å². The van der Waals surface area contributed by atoms with Gasteiger partial charge in [-0.3, -0.25) is 0 Å². The molecule has 1 aromatic heterocycles. The Kier molecular flexibility index (Phi) is 3.34. The molecule has 6 heteroatoms. The molecule has 0 spiro atoms. The van der Waals surface area contributed by atoms with Gasteiger partial charge in [0.05, 0.1) is 0 Å². The Morgan fingerprint density at radius 3 is 2.88 bits per heavy atom. The van der Waals surface area contributed by atoms with Gasteiger partial charge in [-0.05, 0) is 30.7 Å². The Morgan fingerprint density at radius 1 is 1.35 bits per heavy atom. The Labute approximate surface area is 97.8 Å². The summed E-state index contributed by atoms with van der Waals surface area (Å²) < 4.78 is 18.4. The van der Waals surface area contributed by atoms with Crippen LogP contribution in [0.2, 0.25) is 0 Å². The van der Waals surface area contributed by atoms with E-state index in [-0.39, 0.29) is 11.8 Å². The topological polar surface area (TPSA) is 77.0 Å². The first-order valence-corrected chi connectivity index (χ1v) is 5.24. The van der Waals surface area contributed by atoms with E-state index in [2.05, 4.69) is 15.5 Å². The van der Waals surface area contributed by atoms with Gasteiger partial charge in [-0.2, -0.15) is 0 Å². The second-order valence-electron chi connectivity index (χ2n) is 3.68. The van der Waals surface area contributed by atoms with Gasteiger partial charge in [0.1, 0.15) is 5.82 Å². The first-order valence-electron chi connectivity index (χ1n) is 5.24. The molecule has 0 fully saturated rings. The van der Waals surface area contributed by atoms with Gasteiger partial charge in [0.25, 0.3) is 0 Å². The summed E-state index contributed by atoms with van der Waals surface area (Å²) in [5, 5.41) is 10.4. The van der Waals surface area contributed by atoms with Crippen LogP contribution in [0.15, 0.2) is 22.6 Å². The van der Waals surface area contributed by atoms with Crippen molar-refractivity contribution in [2.45, 2.75) is 13.3 Å². The van der Waals surface area contributed by atoms with Crippen LogP contribution in [0.5, 0.6) is 0 Å². The highest BCUT2D eigenvalue weighted by atomic mass is 19.1. The lowest BCUT2D eigenvalue weighted by Gasteiger charge is -2.02. The lowest BCUT2D eigenvalue weighted by molar-refractivity contribution is 0.509. The molecule has 2 aromatic rings. The molecule has 0 aliphatic carbocycles. The van der Waals surface area contributed by atoms with Crippen LogP contribution in [0.25, 0.3) is 0 Å². The summed E-state index contributed by atoms with van der Waals surface area (Å²) in [6.07, 6.45) is 0.525. The van der Waals surface area contributed by atoms with Crippen molar-refractivity contribution >= 4 is 11.7 Å². The molecule has 1 heterocycles. The molecular weight excluding hydrogens is 223 g/mol. The number of benzene rings is 1. The van der Waals surface area contributed by atoms with Crippen molar-refractivity contribution in [1.82, 2.24) is 10.2 Å². The number of aromatic nitrogens is 2. The number of halogens is 1. The molecule has 0 amide bonds. The summed E-state index contributed by atoms with van der Waals surface area (Å²) in [6.45, 7) is 2.25. The molecule has 0 atom stereocenters. The minimum atomic E-state index is -0.311. The van der Waals surface area contributed by atoms with Crippen molar-refractivity contribution in [2.24, 2.45) is 5.73 Å². The summed E-state index contributed by atoms with van der Waals surface area (Å²) in [6, 6.07) is 4.83. The van der Waals surface area contributed by atoms with Crippen LogP contribution < -0.4 is 11.1 Å². The van der Waals surface area contributed by atoms with Gasteiger partial charge in [-0.15, -0.1) is 5.10 Å². The number of rotatable bonds is 4. The van der Waals surface area contributed by atoms with Gasteiger partial charge in [0, 0.05) is 18.7 Å². The summed E-state index contributed by atoms with van der Waals surface area (Å²) >= 11 is 0. The van der Waals surface area contributed by atoms with Crippen molar-refractivity contribution in [2.75, 3.05) is 11.9 Å². The summed E-state index contributed by atoms with van der Waals surface area (Å²) in [5.41, 5.74) is 6.75. The van der Waals surface area contributed by atoms with Crippen LogP contribution in [0.3, 0.4) is 0 Å². The zero-order chi connectivity index (χ0) is 12.3. The third-order valence-corrected chi connectivity index (χ3v) is 2.12. The van der Waals surface area contributed by atoms with Gasteiger partial charge in [-0.1, -0.05) is 5.10 Å². The first-order chi connectivity index (χ1) is 8.17. The van der Waals surface area contributed by atoms with Crippen LogP contribution in [-0.4, -0.2) is 16.7 Å². The molecule has 5 nitrogen and oxygen atoms in total. The van der Waals surface area contributed by atoms with E-state index >= 15 is 0 Å². The van der Waals surface area contributed by atoms with Gasteiger partial charge in [0.2, 0.25) is 5.89 Å². The maximum atomic E-state index is 13.1. The average Bonchev–Trinajstić information content (AvgIpc) is 2.64. The molecule has 0 radical (unpaired) electrons. The van der Waals surface area contributed by atoms with Gasteiger partial charge >= 0.3 is 6.01 Å². The van der Waals surface area contributed by atoms with E-state index in [9.17, 15) is 4.39 Å². The molecule has 0 saturated carbocycles. The number of aryl methyl sites for hydroxylation is 1. The van der Waals surface area contributed by atoms with Gasteiger partial charge in [0.15, 0.2) is 0 Å². The fraction of sp³-hybridized carbons (Fsp3) is 0.273. The van der Waals surface area contributed by atoms with Crippen molar-refractivity contribution in [3.63, 3.8) is 0 Å². The second-order valence-corrected chi connectivity index (χ2v) is 3.68. The van der Waals surface area contributed by atoms with E-state index in [4.69, 9.17) is 10.2 Å². The van der Waals surface area contributed by atoms with E-state index < -0.39 is 0 Å². The maximum Gasteiger partial charge on any atom is 0.320 e. The zero-order valence-electron chi connectivity index (χ0n) is 9.40. The van der Waals surface area contributed by atoms with E-state index in [1.54, 1.807) is 6.07 Å². The molecule has 90 valence electrons. The molecule has 0 unspecified atom stereocenters. The lowest BCUT2D eigenvalue weighted by Crippen LogP contribution is -2.02. The van der Waals surface area contributed by atoms with Crippen LogP contribution in [0.1, 0.15) is 11.5 Å². The highest BCUT2D eigenvalue weighted by Gasteiger charge is 2.06. The van der Waals surface area contributed by atoms with E-state index in [0.717, 1.165) is 5.56 Å². The van der Waals surface area contributed by atoms with Crippen molar-refractivity contribution in [3.05, 3.63) is 35.5 Å². The predicted molar refractivity (Wildman–Crippen MR) is 61.5 cm³/mol. The Hall–Kier alpha value is -1.95. The molecule has 0 aliphatic rings. The van der Waals surface area contributed by atoms with Gasteiger partial charge < -0.3 is 15.5 Å². The molecule has 1 aromatic carbocycles. The Balaban J connectivity index is 2.13. The highest BCUT2D eigenvalue weighted by molar-refractivity contribution is 5.53. The minimum Gasteiger partial charge on any atom is -0.408 e. The van der Waals surface area contributed by atoms with E-state index in [1.807, 2.05) is 6.92 Å². The van der Waals surface area contributed by atoms with E-state index in [0.29, 0.717) is 24.5 Å². The number of hydrogen-bond acceptors (Lipinski definition) is 5. The minimum absolute atomic E-state index is 0.235. The van der Waals surface area contributed by atoms with Crippen LogP contribution >= 0.6 is 0 Å². The number of hydrogen-bond donors (Lipinski definition) is 2. The SMILES string of the molecule is Cc1cc(F)cc(Nc2nnc(CCN)o2)c1. The molecule has 0 aliphatic heterocycles. The number of nitrogens with two attached hydrogens (primary N) is 1. The summed E-state index contributed by atoms with van der Waals surface area (Å²) in [5.74, 6) is 0.150. The lowest BCUT2D eigenvalue weighted by atomic mass is 10.2. The molecule has 0 saturated heterocycles. The monoisotopic (exact) mass is 236 g/mol. The van der Waals surface area contributed by atoms with Crippen LogP contribution in [0, 0.1) is 12.7 Å². The molecular formula is C11H13FN4O. The number of nitrogens with one attached hydrogen (secondary N) is 1. The van der Waals surface area contributed by atoms with Crippen LogP contribution in [0.4, 0.5) is 16.1 Å². The summed E-state index contributed by atoms with van der Waals surface area (Å²) in [4.78, 5) is 0. The van der Waals surface area contributed by atoms with Crippen molar-refractivity contribution < 1.29 is 8.81 Å². The fourth-order valence-electron chi connectivity index (χ4n) is 1.46. The zero-order valence-corrected chi connectivity index (χ0v) is 9.40. The maximum absolute atomic E-state index is 13.1. The average molecular weight is 236 g/mol. The Morgan fingerprint density at radius 2 is 2.18 bits per heavy atom. The summed E-state index contributed by atoms with van der Waals surface area (Å²) in [7, 11) is 0. The normalized spacial score (nSPS) is 10.5. The number of anilines is 2. The smallest absolute Gasteiger partial charge is 0.320 e.